The first-order valence-electron chi connectivity index (χ1n) is 6.88. The number of alkyl halides is 2. The molecule has 0 saturated carbocycles. The van der Waals surface area contributed by atoms with Crippen molar-refractivity contribution >= 4 is 17.3 Å². The van der Waals surface area contributed by atoms with Crippen LogP contribution in [0.5, 0.6) is 0 Å². The van der Waals surface area contributed by atoms with Gasteiger partial charge in [-0.1, -0.05) is 6.92 Å². The molecule has 0 atom stereocenters. The summed E-state index contributed by atoms with van der Waals surface area (Å²) in [7, 11) is 0. The zero-order valence-corrected chi connectivity index (χ0v) is 11.9. The number of imidazole rings is 1. The van der Waals surface area contributed by atoms with Gasteiger partial charge in [0.25, 0.3) is 6.43 Å². The van der Waals surface area contributed by atoms with E-state index >= 15 is 0 Å². The number of nitrogens with one attached hydrogen (secondary N) is 2. The van der Waals surface area contributed by atoms with Gasteiger partial charge in [0.1, 0.15) is 12.4 Å². The molecule has 0 radical (unpaired) electrons. The van der Waals surface area contributed by atoms with E-state index in [4.69, 9.17) is 4.74 Å². The summed E-state index contributed by atoms with van der Waals surface area (Å²) in [5.74, 6) is 1.33. The molecule has 0 saturated heterocycles. The highest BCUT2D eigenvalue weighted by Gasteiger charge is 2.07. The smallest absolute Gasteiger partial charge is 0.261 e. The molecule has 0 fully saturated rings. The third-order valence-electron chi connectivity index (χ3n) is 2.71. The summed E-state index contributed by atoms with van der Waals surface area (Å²) < 4.78 is 30.6. The number of nitrogens with zero attached hydrogens (tertiary/aromatic N) is 3. The molecule has 2 aromatic heterocycles. The Balaban J connectivity index is 1.98. The molecular formula is C13H19F2N5O. The lowest BCUT2D eigenvalue weighted by Crippen LogP contribution is -2.15. The van der Waals surface area contributed by atoms with Gasteiger partial charge in [-0.25, -0.2) is 18.7 Å². The summed E-state index contributed by atoms with van der Waals surface area (Å²) >= 11 is 0. The molecule has 0 spiro atoms. The van der Waals surface area contributed by atoms with Gasteiger partial charge in [0, 0.05) is 25.5 Å². The Bertz CT molecular complexity index is 560. The Kier molecular flexibility index (Phi) is 5.68. The van der Waals surface area contributed by atoms with Gasteiger partial charge in [-0.05, 0) is 6.42 Å². The quantitative estimate of drug-likeness (QED) is 0.695. The molecule has 0 amide bonds. The minimum atomic E-state index is -2.44. The van der Waals surface area contributed by atoms with Crippen LogP contribution in [-0.4, -0.2) is 47.1 Å². The number of anilines is 2. The number of hydrogen-bond donors (Lipinski definition) is 2. The van der Waals surface area contributed by atoms with E-state index < -0.39 is 13.0 Å². The van der Waals surface area contributed by atoms with Crippen LogP contribution in [0.1, 0.15) is 13.3 Å². The summed E-state index contributed by atoms with van der Waals surface area (Å²) in [6, 6.07) is 0. The summed E-state index contributed by atoms with van der Waals surface area (Å²) in [4.78, 5) is 8.65. The van der Waals surface area contributed by atoms with Crippen LogP contribution in [0, 0.1) is 0 Å². The van der Waals surface area contributed by atoms with E-state index in [-0.39, 0.29) is 6.61 Å². The van der Waals surface area contributed by atoms with E-state index in [0.717, 1.165) is 18.8 Å². The zero-order valence-electron chi connectivity index (χ0n) is 11.9. The average Bonchev–Trinajstić information content (AvgIpc) is 2.92. The summed E-state index contributed by atoms with van der Waals surface area (Å²) in [6.45, 7) is 2.92. The largest absolute Gasteiger partial charge is 0.374 e. The maximum Gasteiger partial charge on any atom is 0.261 e. The third kappa shape index (κ3) is 4.52. The molecule has 2 N–H and O–H groups in total. The van der Waals surface area contributed by atoms with Gasteiger partial charge in [-0.3, -0.25) is 0 Å². The lowest BCUT2D eigenvalue weighted by molar-refractivity contribution is 0.0215. The van der Waals surface area contributed by atoms with E-state index in [0.29, 0.717) is 18.0 Å². The predicted octanol–water partition coefficient (Wildman–Crippen LogP) is 2.24. The molecule has 2 rings (SSSR count). The van der Waals surface area contributed by atoms with Crippen LogP contribution >= 0.6 is 0 Å². The number of rotatable bonds is 9. The maximum atomic E-state index is 11.9. The second-order valence-electron chi connectivity index (χ2n) is 4.45. The molecule has 0 unspecified atom stereocenters. The van der Waals surface area contributed by atoms with Crippen molar-refractivity contribution in [2.45, 2.75) is 19.8 Å². The van der Waals surface area contributed by atoms with Crippen LogP contribution in [-0.2, 0) is 4.74 Å². The third-order valence-corrected chi connectivity index (χ3v) is 2.71. The van der Waals surface area contributed by atoms with Gasteiger partial charge < -0.3 is 19.8 Å². The molecule has 0 aliphatic rings. The molecule has 2 aromatic rings. The highest BCUT2D eigenvalue weighted by atomic mass is 19.3. The fourth-order valence-corrected chi connectivity index (χ4v) is 1.80. The predicted molar refractivity (Wildman–Crippen MR) is 77.1 cm³/mol. The molecule has 0 bridgehead atoms. The Labute approximate surface area is 121 Å². The van der Waals surface area contributed by atoms with Crippen molar-refractivity contribution < 1.29 is 13.5 Å². The Morgan fingerprint density at radius 2 is 2.19 bits per heavy atom. The number of hydrogen-bond acceptors (Lipinski definition) is 5. The Morgan fingerprint density at radius 3 is 2.95 bits per heavy atom. The average molecular weight is 299 g/mol. The summed E-state index contributed by atoms with van der Waals surface area (Å²) in [6.07, 6.45) is 3.92. The van der Waals surface area contributed by atoms with Gasteiger partial charge in [-0.2, -0.15) is 0 Å². The molecular weight excluding hydrogens is 280 g/mol. The number of aromatic nitrogens is 3. The van der Waals surface area contributed by atoms with E-state index in [1.165, 1.54) is 0 Å². The van der Waals surface area contributed by atoms with E-state index in [2.05, 4.69) is 27.5 Å². The fourth-order valence-electron chi connectivity index (χ4n) is 1.80. The van der Waals surface area contributed by atoms with Crippen LogP contribution in [0.25, 0.3) is 5.65 Å². The maximum absolute atomic E-state index is 11.9. The van der Waals surface area contributed by atoms with Crippen molar-refractivity contribution in [1.82, 2.24) is 14.4 Å². The van der Waals surface area contributed by atoms with Crippen molar-refractivity contribution in [2.24, 2.45) is 0 Å². The minimum absolute atomic E-state index is 0.186. The van der Waals surface area contributed by atoms with Crippen LogP contribution in [0.2, 0.25) is 0 Å². The lowest BCUT2D eigenvalue weighted by Gasteiger charge is -2.11. The number of halogens is 2. The lowest BCUT2D eigenvalue weighted by atomic mass is 10.4. The van der Waals surface area contributed by atoms with Gasteiger partial charge in [0.2, 0.25) is 0 Å². The zero-order chi connectivity index (χ0) is 15.1. The molecule has 0 aromatic carbocycles. The van der Waals surface area contributed by atoms with Crippen LogP contribution in [0.15, 0.2) is 18.6 Å². The topological polar surface area (TPSA) is 63.5 Å². The monoisotopic (exact) mass is 299 g/mol. The van der Waals surface area contributed by atoms with Crippen LogP contribution < -0.4 is 10.6 Å². The van der Waals surface area contributed by atoms with Crippen LogP contribution in [0.4, 0.5) is 20.4 Å². The first-order valence-corrected chi connectivity index (χ1v) is 6.88. The molecule has 8 heteroatoms. The van der Waals surface area contributed by atoms with Crippen molar-refractivity contribution in [3.8, 4) is 0 Å². The van der Waals surface area contributed by atoms with Crippen molar-refractivity contribution in [1.29, 1.82) is 0 Å². The molecule has 2 heterocycles. The van der Waals surface area contributed by atoms with Crippen LogP contribution in [0.3, 0.4) is 0 Å². The number of ether oxygens (including phenoxy) is 1. The standard InChI is InChI=1S/C13H19F2N5O/c1-2-3-16-11-8-20-6-4-18-13(20)12(19-11)17-5-7-21-9-10(14)15/h4,6,8,10,16H,2-3,5,7,9H2,1H3,(H,17,19). The van der Waals surface area contributed by atoms with E-state index in [9.17, 15) is 8.78 Å². The number of fused-ring (bicyclic) bond motifs is 1. The second-order valence-corrected chi connectivity index (χ2v) is 4.45. The highest BCUT2D eigenvalue weighted by molar-refractivity contribution is 5.65. The molecule has 6 nitrogen and oxygen atoms in total. The molecule has 21 heavy (non-hydrogen) atoms. The second kappa shape index (κ2) is 7.72. The van der Waals surface area contributed by atoms with Gasteiger partial charge >= 0.3 is 0 Å². The molecule has 116 valence electrons. The normalized spacial score (nSPS) is 11.2. The van der Waals surface area contributed by atoms with E-state index in [1.54, 1.807) is 6.20 Å². The minimum Gasteiger partial charge on any atom is -0.374 e. The summed E-state index contributed by atoms with van der Waals surface area (Å²) in [5.41, 5.74) is 0.686. The summed E-state index contributed by atoms with van der Waals surface area (Å²) in [5, 5.41) is 6.26. The van der Waals surface area contributed by atoms with Crippen molar-refractivity contribution in [2.75, 3.05) is 36.9 Å². The molecule has 0 aliphatic heterocycles. The van der Waals surface area contributed by atoms with Gasteiger partial charge in [0.15, 0.2) is 11.5 Å². The Hall–Kier alpha value is -1.96. The van der Waals surface area contributed by atoms with Crippen molar-refractivity contribution in [3.05, 3.63) is 18.6 Å². The highest BCUT2D eigenvalue weighted by Crippen LogP contribution is 2.16. The van der Waals surface area contributed by atoms with E-state index in [1.807, 2.05) is 16.8 Å². The first kappa shape index (κ1) is 15.4. The first-order chi connectivity index (χ1) is 10.2. The SMILES string of the molecule is CCCNc1cn2ccnc2c(NCCOCC(F)F)n1. The van der Waals surface area contributed by atoms with Gasteiger partial charge in [0.05, 0.1) is 12.8 Å². The fraction of sp³-hybridized carbons (Fsp3) is 0.538. The van der Waals surface area contributed by atoms with Gasteiger partial charge in [-0.15, -0.1) is 0 Å². The molecule has 0 aliphatic carbocycles. The Morgan fingerprint density at radius 1 is 1.33 bits per heavy atom. The van der Waals surface area contributed by atoms with Crippen molar-refractivity contribution in [3.63, 3.8) is 0 Å².